The van der Waals surface area contributed by atoms with Crippen LogP contribution in [0.5, 0.6) is 28.7 Å². The van der Waals surface area contributed by atoms with Crippen molar-refractivity contribution in [3.05, 3.63) is 41.5 Å². The number of ether oxygens (including phenoxy) is 3. The number of phenolic OH excluding ortho intramolecular Hbond substituents is 3. The fraction of sp³-hybridized carbons (Fsp3) is 0.381. The first-order valence-corrected chi connectivity index (χ1v) is 9.60. The van der Waals surface area contributed by atoms with Crippen molar-refractivity contribution in [2.75, 3.05) is 0 Å². The Labute approximate surface area is 176 Å². The Bertz CT molecular complexity index is 1010. The summed E-state index contributed by atoms with van der Waals surface area (Å²) in [4.78, 5) is 12.9. The van der Waals surface area contributed by atoms with Crippen LogP contribution in [0.1, 0.15) is 35.4 Å². The molecule has 2 aromatic rings. The van der Waals surface area contributed by atoms with Crippen molar-refractivity contribution in [2.24, 2.45) is 0 Å². The number of phenols is 3. The van der Waals surface area contributed by atoms with E-state index in [1.807, 2.05) is 0 Å². The van der Waals surface area contributed by atoms with Crippen LogP contribution in [0, 0.1) is 0 Å². The van der Waals surface area contributed by atoms with Gasteiger partial charge >= 0.3 is 0 Å². The zero-order chi connectivity index (χ0) is 22.4. The van der Waals surface area contributed by atoms with Gasteiger partial charge in [0, 0.05) is 12.1 Å². The zero-order valence-electron chi connectivity index (χ0n) is 16.4. The normalized spacial score (nSPS) is 30.4. The molecule has 1 fully saturated rings. The average Bonchev–Trinajstić information content (AvgIpc) is 2.71. The number of rotatable bonds is 3. The van der Waals surface area contributed by atoms with E-state index in [1.165, 1.54) is 31.2 Å². The van der Waals surface area contributed by atoms with Crippen molar-refractivity contribution in [3.63, 3.8) is 0 Å². The molecule has 0 aromatic heterocycles. The summed E-state index contributed by atoms with van der Waals surface area (Å²) in [6, 6.07) is 6.43. The van der Waals surface area contributed by atoms with E-state index in [4.69, 9.17) is 14.2 Å². The van der Waals surface area contributed by atoms with E-state index in [0.29, 0.717) is 5.56 Å². The highest BCUT2D eigenvalue weighted by atomic mass is 16.7. The van der Waals surface area contributed by atoms with Gasteiger partial charge in [0.15, 0.2) is 17.3 Å². The molecule has 6 atom stereocenters. The first-order chi connectivity index (χ1) is 14.7. The van der Waals surface area contributed by atoms with E-state index in [9.17, 15) is 35.4 Å². The third-order valence-corrected chi connectivity index (χ3v) is 5.39. The summed E-state index contributed by atoms with van der Waals surface area (Å²) >= 11 is 0. The second kappa shape index (κ2) is 7.89. The number of ketones is 1. The number of benzene rings is 2. The van der Waals surface area contributed by atoms with Gasteiger partial charge in [-0.1, -0.05) is 6.07 Å². The summed E-state index contributed by atoms with van der Waals surface area (Å²) in [5, 5.41) is 59.3. The predicted molar refractivity (Wildman–Crippen MR) is 103 cm³/mol. The van der Waals surface area contributed by atoms with Gasteiger partial charge in [0.25, 0.3) is 0 Å². The first-order valence-electron chi connectivity index (χ1n) is 9.60. The van der Waals surface area contributed by atoms with Crippen LogP contribution >= 0.6 is 0 Å². The van der Waals surface area contributed by atoms with Gasteiger partial charge in [-0.3, -0.25) is 4.79 Å². The summed E-state index contributed by atoms with van der Waals surface area (Å²) < 4.78 is 16.8. The van der Waals surface area contributed by atoms with Crippen LogP contribution in [0.2, 0.25) is 0 Å². The molecule has 2 aliphatic rings. The Morgan fingerprint density at radius 2 is 1.71 bits per heavy atom. The summed E-state index contributed by atoms with van der Waals surface area (Å²) in [7, 11) is 0. The topological polar surface area (TPSA) is 166 Å². The monoisotopic (exact) mass is 434 g/mol. The molecule has 6 unspecified atom stereocenters. The van der Waals surface area contributed by atoms with Crippen LogP contribution in [-0.4, -0.2) is 67.1 Å². The van der Waals surface area contributed by atoms with Crippen molar-refractivity contribution in [2.45, 2.75) is 50.2 Å². The highest BCUT2D eigenvalue weighted by Crippen LogP contribution is 2.43. The Hall–Kier alpha value is -3.05. The maximum absolute atomic E-state index is 12.9. The van der Waals surface area contributed by atoms with Gasteiger partial charge in [-0.2, -0.15) is 0 Å². The minimum atomic E-state index is -1.60. The van der Waals surface area contributed by atoms with Crippen molar-refractivity contribution in [1.82, 2.24) is 0 Å². The first kappa shape index (κ1) is 21.2. The maximum atomic E-state index is 12.9. The lowest BCUT2D eigenvalue weighted by Gasteiger charge is -2.39. The number of aliphatic hydroxyl groups is 3. The molecule has 2 aromatic carbocycles. The SMILES string of the molecule is CC1OC(Oc2cc(O)cc3c2C(=O)CC(c2ccc(O)c(O)c2)O3)C(O)C(O)C1O. The highest BCUT2D eigenvalue weighted by Gasteiger charge is 2.44. The number of fused-ring (bicyclic) bond motifs is 1. The number of hydrogen-bond acceptors (Lipinski definition) is 10. The average molecular weight is 434 g/mol. The smallest absolute Gasteiger partial charge is 0.229 e. The molecule has 0 saturated carbocycles. The predicted octanol–water partition coefficient (Wildman–Crippen LogP) is 0.716. The summed E-state index contributed by atoms with van der Waals surface area (Å²) in [6.45, 7) is 1.49. The van der Waals surface area contributed by atoms with Crippen LogP contribution in [-0.2, 0) is 4.74 Å². The van der Waals surface area contributed by atoms with Gasteiger partial charge in [0.2, 0.25) is 6.29 Å². The number of carbonyl (C=O) groups is 1. The van der Waals surface area contributed by atoms with E-state index in [0.717, 1.165) is 6.07 Å². The molecule has 10 nitrogen and oxygen atoms in total. The molecule has 2 heterocycles. The lowest BCUT2D eigenvalue weighted by atomic mass is 9.95. The summed E-state index contributed by atoms with van der Waals surface area (Å²) in [5.74, 6) is -1.46. The van der Waals surface area contributed by atoms with E-state index < -0.39 is 42.6 Å². The molecule has 10 heteroatoms. The van der Waals surface area contributed by atoms with Gasteiger partial charge < -0.3 is 44.8 Å². The van der Waals surface area contributed by atoms with Gasteiger partial charge in [0.05, 0.1) is 12.5 Å². The molecule has 0 bridgehead atoms. The second-order valence-corrected chi connectivity index (χ2v) is 7.60. The lowest BCUT2D eigenvalue weighted by molar-refractivity contribution is -0.268. The minimum absolute atomic E-state index is 0.0149. The van der Waals surface area contributed by atoms with Crippen molar-refractivity contribution >= 4 is 5.78 Å². The fourth-order valence-electron chi connectivity index (χ4n) is 3.66. The Morgan fingerprint density at radius 3 is 2.42 bits per heavy atom. The number of aromatic hydroxyl groups is 3. The summed E-state index contributed by atoms with van der Waals surface area (Å²) in [5.41, 5.74) is 0.457. The van der Waals surface area contributed by atoms with E-state index in [-0.39, 0.29) is 40.7 Å². The molecule has 4 rings (SSSR count). The molecule has 0 aliphatic carbocycles. The molecule has 2 aliphatic heterocycles. The van der Waals surface area contributed by atoms with E-state index >= 15 is 0 Å². The Morgan fingerprint density at radius 1 is 0.968 bits per heavy atom. The van der Waals surface area contributed by atoms with Crippen LogP contribution in [0.15, 0.2) is 30.3 Å². The van der Waals surface area contributed by atoms with Gasteiger partial charge in [-0.25, -0.2) is 0 Å². The molecule has 0 radical (unpaired) electrons. The standard InChI is InChI=1S/C21H22O10/c1-8-18(26)19(27)20(28)21(29-8)31-16-6-10(22)5-15-17(16)13(25)7-14(30-15)9-2-3-11(23)12(24)4-9/h2-6,8,14,18-24,26-28H,7H2,1H3. The zero-order valence-corrected chi connectivity index (χ0v) is 16.4. The molecular formula is C21H22O10. The number of aliphatic hydroxyl groups excluding tert-OH is 3. The highest BCUT2D eigenvalue weighted by molar-refractivity contribution is 6.02. The third-order valence-electron chi connectivity index (χ3n) is 5.39. The summed E-state index contributed by atoms with van der Waals surface area (Å²) in [6.07, 6.45) is -7.61. The van der Waals surface area contributed by atoms with Crippen LogP contribution in [0.4, 0.5) is 0 Å². The van der Waals surface area contributed by atoms with Crippen molar-refractivity contribution in [1.29, 1.82) is 0 Å². The molecule has 0 spiro atoms. The van der Waals surface area contributed by atoms with Crippen molar-refractivity contribution < 1.29 is 49.6 Å². The molecular weight excluding hydrogens is 412 g/mol. The number of hydrogen-bond donors (Lipinski definition) is 6. The van der Waals surface area contributed by atoms with Gasteiger partial charge in [-0.05, 0) is 24.6 Å². The van der Waals surface area contributed by atoms with E-state index in [1.54, 1.807) is 0 Å². The van der Waals surface area contributed by atoms with Gasteiger partial charge in [0.1, 0.15) is 47.2 Å². The van der Waals surface area contributed by atoms with Crippen molar-refractivity contribution in [3.8, 4) is 28.7 Å². The maximum Gasteiger partial charge on any atom is 0.229 e. The molecule has 0 amide bonds. The lowest BCUT2D eigenvalue weighted by Crippen LogP contribution is -2.58. The third kappa shape index (κ3) is 3.86. The van der Waals surface area contributed by atoms with Crippen LogP contribution in [0.3, 0.4) is 0 Å². The number of Topliss-reactive ketones (excluding diaryl/α,β-unsaturated/α-hetero) is 1. The number of carbonyl (C=O) groups excluding carboxylic acids is 1. The van der Waals surface area contributed by atoms with Crippen LogP contribution < -0.4 is 9.47 Å². The largest absolute Gasteiger partial charge is 0.508 e. The Kier molecular flexibility index (Phi) is 5.40. The van der Waals surface area contributed by atoms with E-state index in [2.05, 4.69) is 0 Å². The van der Waals surface area contributed by atoms with Gasteiger partial charge in [-0.15, -0.1) is 0 Å². The molecule has 6 N–H and O–H groups in total. The fourth-order valence-corrected chi connectivity index (χ4v) is 3.66. The molecule has 1 saturated heterocycles. The quantitative estimate of drug-likeness (QED) is 0.379. The molecule has 166 valence electrons. The molecule has 31 heavy (non-hydrogen) atoms. The second-order valence-electron chi connectivity index (χ2n) is 7.60. The Balaban J connectivity index is 1.64. The minimum Gasteiger partial charge on any atom is -0.508 e. The van der Waals surface area contributed by atoms with Crippen LogP contribution in [0.25, 0.3) is 0 Å².